The number of nitrogens with zero attached hydrogens (tertiary/aromatic N) is 2. The molecular formula is C15H11FN2O3. The molecular weight excluding hydrogens is 275 g/mol. The second-order valence-electron chi connectivity index (χ2n) is 4.41. The largest absolute Gasteiger partial charge is 0.487 e. The Hall–Kier alpha value is -2.89. The van der Waals surface area contributed by atoms with Crippen molar-refractivity contribution in [1.82, 2.24) is 9.38 Å². The van der Waals surface area contributed by atoms with Gasteiger partial charge in [-0.1, -0.05) is 0 Å². The SMILES string of the molecule is O=C(O)c1cccn2c(COc3ccc(F)cc3)cnc12. The van der Waals surface area contributed by atoms with Crippen LogP contribution in [0.1, 0.15) is 16.1 Å². The number of aromatic nitrogens is 2. The number of fused-ring (bicyclic) bond motifs is 1. The molecule has 0 amide bonds. The monoisotopic (exact) mass is 286 g/mol. The fourth-order valence-corrected chi connectivity index (χ4v) is 2.02. The number of halogens is 1. The maximum atomic E-state index is 12.8. The van der Waals surface area contributed by atoms with Gasteiger partial charge in [-0.15, -0.1) is 0 Å². The normalized spacial score (nSPS) is 10.7. The molecule has 1 N–H and O–H groups in total. The molecule has 0 aliphatic heterocycles. The Balaban J connectivity index is 1.86. The summed E-state index contributed by atoms with van der Waals surface area (Å²) in [7, 11) is 0. The molecule has 0 bridgehead atoms. The number of rotatable bonds is 4. The minimum absolute atomic E-state index is 0.130. The van der Waals surface area contributed by atoms with Crippen LogP contribution in [-0.4, -0.2) is 20.5 Å². The van der Waals surface area contributed by atoms with Gasteiger partial charge >= 0.3 is 5.97 Å². The maximum Gasteiger partial charge on any atom is 0.339 e. The quantitative estimate of drug-likeness (QED) is 0.801. The number of carbonyl (C=O) groups is 1. The van der Waals surface area contributed by atoms with Crippen molar-refractivity contribution in [3.8, 4) is 5.75 Å². The lowest BCUT2D eigenvalue weighted by Crippen LogP contribution is -2.03. The van der Waals surface area contributed by atoms with Crippen LogP contribution in [0.3, 0.4) is 0 Å². The summed E-state index contributed by atoms with van der Waals surface area (Å²) < 4.78 is 20.0. The summed E-state index contributed by atoms with van der Waals surface area (Å²) in [5.74, 6) is -0.832. The van der Waals surface area contributed by atoms with Crippen molar-refractivity contribution >= 4 is 11.6 Å². The lowest BCUT2D eigenvalue weighted by Gasteiger charge is -2.06. The zero-order valence-electron chi connectivity index (χ0n) is 10.9. The standard InChI is InChI=1S/C15H11FN2O3/c16-10-3-5-12(6-4-10)21-9-11-8-17-14-13(15(19)20)2-1-7-18(11)14/h1-8H,9H2,(H,19,20). The highest BCUT2D eigenvalue weighted by Crippen LogP contribution is 2.16. The third kappa shape index (κ3) is 2.55. The Morgan fingerprint density at radius 2 is 2.05 bits per heavy atom. The third-order valence-electron chi connectivity index (χ3n) is 3.04. The van der Waals surface area contributed by atoms with Crippen molar-refractivity contribution in [3.05, 3.63) is 65.9 Å². The summed E-state index contributed by atoms with van der Waals surface area (Å²) in [6, 6.07) is 8.82. The minimum atomic E-state index is -1.03. The number of pyridine rings is 1. The average molecular weight is 286 g/mol. The predicted molar refractivity (Wildman–Crippen MR) is 72.9 cm³/mol. The van der Waals surface area contributed by atoms with E-state index in [1.165, 1.54) is 30.3 Å². The van der Waals surface area contributed by atoms with Gasteiger partial charge in [0.1, 0.15) is 23.7 Å². The summed E-state index contributed by atoms with van der Waals surface area (Å²) in [5.41, 5.74) is 1.20. The summed E-state index contributed by atoms with van der Waals surface area (Å²) in [6.45, 7) is 0.204. The van der Waals surface area contributed by atoms with E-state index in [9.17, 15) is 9.18 Å². The van der Waals surface area contributed by atoms with E-state index in [1.807, 2.05) is 0 Å². The number of aromatic carboxylic acids is 1. The Labute approximate surface area is 119 Å². The number of carboxylic acid groups (broad SMARTS) is 1. The topological polar surface area (TPSA) is 63.8 Å². The number of benzene rings is 1. The van der Waals surface area contributed by atoms with E-state index in [-0.39, 0.29) is 18.0 Å². The van der Waals surface area contributed by atoms with Gasteiger partial charge in [0.25, 0.3) is 0 Å². The molecule has 21 heavy (non-hydrogen) atoms. The second-order valence-corrected chi connectivity index (χ2v) is 4.41. The first-order chi connectivity index (χ1) is 10.1. The van der Waals surface area contributed by atoms with Crippen molar-refractivity contribution < 1.29 is 19.0 Å². The molecule has 0 spiro atoms. The van der Waals surface area contributed by atoms with Gasteiger partial charge < -0.3 is 9.84 Å². The molecule has 0 aliphatic rings. The first kappa shape index (κ1) is 13.1. The van der Waals surface area contributed by atoms with E-state index in [2.05, 4.69) is 4.98 Å². The summed E-state index contributed by atoms with van der Waals surface area (Å²) in [6.07, 6.45) is 3.28. The molecule has 106 valence electrons. The van der Waals surface area contributed by atoms with Gasteiger partial charge in [-0.3, -0.25) is 4.40 Å². The summed E-state index contributed by atoms with van der Waals surface area (Å²) in [4.78, 5) is 15.2. The molecule has 0 saturated carbocycles. The average Bonchev–Trinajstić information content (AvgIpc) is 2.89. The third-order valence-corrected chi connectivity index (χ3v) is 3.04. The molecule has 0 saturated heterocycles. The fourth-order valence-electron chi connectivity index (χ4n) is 2.02. The second kappa shape index (κ2) is 5.24. The lowest BCUT2D eigenvalue weighted by molar-refractivity contribution is 0.0698. The van der Waals surface area contributed by atoms with Crippen LogP contribution in [-0.2, 0) is 6.61 Å². The Morgan fingerprint density at radius 3 is 2.76 bits per heavy atom. The first-order valence-corrected chi connectivity index (χ1v) is 6.22. The van der Waals surface area contributed by atoms with E-state index >= 15 is 0 Å². The number of ether oxygens (including phenoxy) is 1. The van der Waals surface area contributed by atoms with Gasteiger partial charge in [0, 0.05) is 6.20 Å². The van der Waals surface area contributed by atoms with Crippen LogP contribution in [0.5, 0.6) is 5.75 Å². The highest BCUT2D eigenvalue weighted by molar-refractivity contribution is 5.94. The highest BCUT2D eigenvalue weighted by atomic mass is 19.1. The van der Waals surface area contributed by atoms with Crippen molar-refractivity contribution in [1.29, 1.82) is 0 Å². The molecule has 0 radical (unpaired) electrons. The van der Waals surface area contributed by atoms with Gasteiger partial charge in [-0.05, 0) is 36.4 Å². The van der Waals surface area contributed by atoms with E-state index < -0.39 is 5.97 Å². The van der Waals surface area contributed by atoms with Gasteiger partial charge in [-0.25, -0.2) is 14.2 Å². The fraction of sp³-hybridized carbons (Fsp3) is 0.0667. The molecule has 0 fully saturated rings. The van der Waals surface area contributed by atoms with Crippen LogP contribution < -0.4 is 4.74 Å². The smallest absolute Gasteiger partial charge is 0.339 e. The molecule has 6 heteroatoms. The molecule has 3 aromatic rings. The van der Waals surface area contributed by atoms with E-state index in [4.69, 9.17) is 9.84 Å². The van der Waals surface area contributed by atoms with Gasteiger partial charge in [0.05, 0.1) is 11.9 Å². The zero-order valence-corrected chi connectivity index (χ0v) is 10.9. The van der Waals surface area contributed by atoms with Crippen LogP contribution in [0.4, 0.5) is 4.39 Å². The number of hydrogen-bond donors (Lipinski definition) is 1. The van der Waals surface area contributed by atoms with Crippen LogP contribution in [0.15, 0.2) is 48.8 Å². The van der Waals surface area contributed by atoms with Crippen molar-refractivity contribution in [3.63, 3.8) is 0 Å². The Kier molecular flexibility index (Phi) is 3.27. The number of hydrogen-bond acceptors (Lipinski definition) is 3. The van der Waals surface area contributed by atoms with Crippen LogP contribution in [0.25, 0.3) is 5.65 Å². The molecule has 2 heterocycles. The Morgan fingerprint density at radius 1 is 1.29 bits per heavy atom. The van der Waals surface area contributed by atoms with Crippen LogP contribution >= 0.6 is 0 Å². The van der Waals surface area contributed by atoms with Gasteiger partial charge in [-0.2, -0.15) is 0 Å². The highest BCUT2D eigenvalue weighted by Gasteiger charge is 2.12. The molecule has 5 nitrogen and oxygen atoms in total. The molecule has 3 rings (SSSR count). The summed E-state index contributed by atoms with van der Waals surface area (Å²) >= 11 is 0. The van der Waals surface area contributed by atoms with Crippen molar-refractivity contribution in [2.24, 2.45) is 0 Å². The van der Waals surface area contributed by atoms with Crippen molar-refractivity contribution in [2.45, 2.75) is 6.61 Å². The van der Waals surface area contributed by atoms with Gasteiger partial charge in [0.15, 0.2) is 5.65 Å². The molecule has 0 atom stereocenters. The number of imidazole rings is 1. The van der Waals surface area contributed by atoms with Crippen molar-refractivity contribution in [2.75, 3.05) is 0 Å². The molecule has 0 aliphatic carbocycles. The van der Waals surface area contributed by atoms with Gasteiger partial charge in [0.2, 0.25) is 0 Å². The minimum Gasteiger partial charge on any atom is -0.487 e. The van der Waals surface area contributed by atoms with E-state index in [1.54, 1.807) is 22.9 Å². The Bertz CT molecular complexity index is 796. The van der Waals surface area contributed by atoms with E-state index in [0.29, 0.717) is 17.1 Å². The molecule has 0 unspecified atom stereocenters. The predicted octanol–water partition coefficient (Wildman–Crippen LogP) is 2.75. The number of carboxylic acids is 1. The van der Waals surface area contributed by atoms with Crippen LogP contribution in [0, 0.1) is 5.82 Å². The van der Waals surface area contributed by atoms with E-state index in [0.717, 1.165) is 0 Å². The molecule has 2 aromatic heterocycles. The van der Waals surface area contributed by atoms with Crippen LogP contribution in [0.2, 0.25) is 0 Å². The first-order valence-electron chi connectivity index (χ1n) is 6.22. The maximum absolute atomic E-state index is 12.8. The molecule has 1 aromatic carbocycles. The zero-order chi connectivity index (χ0) is 14.8. The summed E-state index contributed by atoms with van der Waals surface area (Å²) in [5, 5.41) is 9.11. The lowest BCUT2D eigenvalue weighted by atomic mass is 10.3.